The molecule has 214 valence electrons. The third-order valence-electron chi connectivity index (χ3n) is 7.01. The van der Waals surface area contributed by atoms with Crippen molar-refractivity contribution in [2.45, 2.75) is 18.4 Å². The fourth-order valence-electron chi connectivity index (χ4n) is 5.02. The number of nitrogens with two attached hydrogens (primary N) is 2. The molecular formula is C27H29Cl2N9O3. The highest BCUT2D eigenvalue weighted by Crippen LogP contribution is 2.40. The van der Waals surface area contributed by atoms with Gasteiger partial charge in [0.1, 0.15) is 18.5 Å². The monoisotopic (exact) mass is 597 g/mol. The van der Waals surface area contributed by atoms with Crippen LogP contribution in [0, 0.1) is 0 Å². The average molecular weight is 598 g/mol. The summed E-state index contributed by atoms with van der Waals surface area (Å²) in [6.07, 6.45) is 4.96. The Morgan fingerprint density at radius 2 is 1.68 bits per heavy atom. The largest absolute Gasteiger partial charge is 0.491 e. The predicted molar refractivity (Wildman–Crippen MR) is 156 cm³/mol. The van der Waals surface area contributed by atoms with Gasteiger partial charge in [0.25, 0.3) is 0 Å². The molecule has 0 amide bonds. The second kappa shape index (κ2) is 11.6. The van der Waals surface area contributed by atoms with Crippen molar-refractivity contribution in [2.75, 3.05) is 60.7 Å². The van der Waals surface area contributed by atoms with Gasteiger partial charge in [-0.1, -0.05) is 29.3 Å². The number of imidazole rings is 1. The van der Waals surface area contributed by atoms with E-state index < -0.39 is 5.79 Å². The van der Waals surface area contributed by atoms with Gasteiger partial charge >= 0.3 is 0 Å². The van der Waals surface area contributed by atoms with Gasteiger partial charge < -0.3 is 40.0 Å². The normalized spacial score (nSPS) is 20.9. The molecule has 6 rings (SSSR count). The minimum absolute atomic E-state index is 0.123. The summed E-state index contributed by atoms with van der Waals surface area (Å²) >= 11 is 12.7. The molecule has 41 heavy (non-hydrogen) atoms. The number of piperazine rings is 1. The van der Waals surface area contributed by atoms with Gasteiger partial charge in [-0.2, -0.15) is 15.0 Å². The first kappa shape index (κ1) is 27.3. The lowest BCUT2D eigenvalue weighted by Gasteiger charge is -2.36. The number of ether oxygens (including phenoxy) is 3. The van der Waals surface area contributed by atoms with Crippen molar-refractivity contribution in [1.29, 1.82) is 0 Å². The molecule has 2 atom stereocenters. The van der Waals surface area contributed by atoms with Gasteiger partial charge in [0.05, 0.1) is 24.5 Å². The van der Waals surface area contributed by atoms with Gasteiger partial charge in [0.15, 0.2) is 0 Å². The van der Waals surface area contributed by atoms with E-state index in [0.29, 0.717) is 41.3 Å². The molecule has 0 aliphatic carbocycles. The number of rotatable bonds is 8. The van der Waals surface area contributed by atoms with Crippen LogP contribution in [-0.4, -0.2) is 70.0 Å². The minimum Gasteiger partial charge on any atom is -0.491 e. The Balaban J connectivity index is 1.06. The first-order chi connectivity index (χ1) is 19.9. The van der Waals surface area contributed by atoms with Gasteiger partial charge in [-0.05, 0) is 36.4 Å². The molecule has 0 saturated carbocycles. The van der Waals surface area contributed by atoms with Crippen molar-refractivity contribution in [3.63, 3.8) is 0 Å². The maximum Gasteiger partial charge on any atom is 0.232 e. The molecule has 2 aromatic carbocycles. The second-order valence-corrected chi connectivity index (χ2v) is 10.6. The van der Waals surface area contributed by atoms with Gasteiger partial charge in [-0.15, -0.1) is 0 Å². The van der Waals surface area contributed by atoms with E-state index >= 15 is 0 Å². The maximum absolute atomic E-state index is 6.56. The van der Waals surface area contributed by atoms with Crippen LogP contribution in [0.5, 0.6) is 5.75 Å². The van der Waals surface area contributed by atoms with Crippen LogP contribution in [0.15, 0.2) is 61.2 Å². The second-order valence-electron chi connectivity index (χ2n) is 9.79. The molecule has 2 aliphatic rings. The topological polar surface area (TPSA) is 143 Å². The molecule has 2 unspecified atom stereocenters. The Morgan fingerprint density at radius 3 is 2.37 bits per heavy atom. The zero-order valence-electron chi connectivity index (χ0n) is 22.1. The summed E-state index contributed by atoms with van der Waals surface area (Å²) in [6.45, 7) is 4.09. The molecule has 2 aliphatic heterocycles. The predicted octanol–water partition coefficient (Wildman–Crippen LogP) is 3.21. The van der Waals surface area contributed by atoms with E-state index in [9.17, 15) is 0 Å². The lowest BCUT2D eigenvalue weighted by atomic mass is 10.1. The summed E-state index contributed by atoms with van der Waals surface area (Å²) in [4.78, 5) is 20.7. The van der Waals surface area contributed by atoms with Crippen LogP contribution in [0.3, 0.4) is 0 Å². The molecule has 2 saturated heterocycles. The number of halogens is 2. The van der Waals surface area contributed by atoms with Crippen LogP contribution in [0.4, 0.5) is 23.5 Å². The summed E-state index contributed by atoms with van der Waals surface area (Å²) in [6, 6.07) is 13.3. The van der Waals surface area contributed by atoms with E-state index in [1.54, 1.807) is 24.7 Å². The molecule has 2 fully saturated rings. The molecule has 0 spiro atoms. The van der Waals surface area contributed by atoms with E-state index in [1.165, 1.54) is 0 Å². The van der Waals surface area contributed by atoms with Gasteiger partial charge in [-0.25, -0.2) is 4.98 Å². The van der Waals surface area contributed by atoms with Crippen LogP contribution in [-0.2, 0) is 21.8 Å². The third kappa shape index (κ3) is 6.10. The first-order valence-electron chi connectivity index (χ1n) is 13.1. The number of nitrogens with zero attached hydrogens (tertiary/aromatic N) is 7. The quantitative estimate of drug-likeness (QED) is 0.309. The molecular weight excluding hydrogens is 569 g/mol. The maximum atomic E-state index is 6.56. The van der Waals surface area contributed by atoms with Gasteiger partial charge in [0.2, 0.25) is 23.6 Å². The van der Waals surface area contributed by atoms with Crippen LogP contribution in [0.2, 0.25) is 10.0 Å². The third-order valence-corrected chi connectivity index (χ3v) is 7.56. The average Bonchev–Trinajstić information content (AvgIpc) is 3.62. The summed E-state index contributed by atoms with van der Waals surface area (Å²) in [5, 5.41) is 1.01. The fourth-order valence-corrected chi connectivity index (χ4v) is 5.57. The summed E-state index contributed by atoms with van der Waals surface area (Å²) in [5.74, 6) is 0.393. The number of hydrogen-bond acceptors (Lipinski definition) is 11. The number of nitrogen functional groups attached to an aromatic ring is 2. The molecule has 4 aromatic rings. The van der Waals surface area contributed by atoms with Crippen molar-refractivity contribution in [2.24, 2.45) is 0 Å². The van der Waals surface area contributed by atoms with Crippen molar-refractivity contribution >= 4 is 46.7 Å². The first-order valence-corrected chi connectivity index (χ1v) is 13.9. The van der Waals surface area contributed by atoms with E-state index in [-0.39, 0.29) is 18.0 Å². The SMILES string of the molecule is Nc1nc(N)nc(N2CCN(c3ccc(OCC4COC(Cn5ccnc5)(c5ccc(Cl)cc5Cl)O4)cc3)CC2)n1. The van der Waals surface area contributed by atoms with E-state index in [2.05, 4.69) is 29.7 Å². The Kier molecular flexibility index (Phi) is 7.71. The standard InChI is InChI=1S/C27H29Cl2N9O3/c28-18-1-6-22(23(29)13-18)27(16-36-8-7-32-17-36)40-15-21(41-27)14-39-20-4-2-19(3-5-20)37-9-11-38(12-10-37)26-34-24(30)33-25(31)35-26/h1-8,13,17,21H,9-12,14-16H2,(H4,30,31,33,34,35). The molecule has 0 bridgehead atoms. The number of benzene rings is 2. The summed E-state index contributed by atoms with van der Waals surface area (Å²) in [7, 11) is 0. The van der Waals surface area contributed by atoms with Gasteiger partial charge in [-0.3, -0.25) is 0 Å². The zero-order valence-corrected chi connectivity index (χ0v) is 23.6. The molecule has 4 N–H and O–H groups in total. The summed E-state index contributed by atoms with van der Waals surface area (Å²) in [5.41, 5.74) is 13.2. The zero-order chi connectivity index (χ0) is 28.4. The highest BCUT2D eigenvalue weighted by atomic mass is 35.5. The van der Waals surface area contributed by atoms with E-state index in [4.69, 9.17) is 48.9 Å². The van der Waals surface area contributed by atoms with Crippen molar-refractivity contribution in [3.8, 4) is 5.75 Å². The Bertz CT molecular complexity index is 1460. The summed E-state index contributed by atoms with van der Waals surface area (Å²) < 4.78 is 20.7. The smallest absolute Gasteiger partial charge is 0.232 e. The molecule has 2 aromatic heterocycles. The lowest BCUT2D eigenvalue weighted by Crippen LogP contribution is -2.47. The van der Waals surface area contributed by atoms with Crippen molar-refractivity contribution in [3.05, 3.63) is 76.8 Å². The van der Waals surface area contributed by atoms with Crippen LogP contribution in [0.1, 0.15) is 5.56 Å². The van der Waals surface area contributed by atoms with Crippen molar-refractivity contribution in [1.82, 2.24) is 24.5 Å². The molecule has 0 radical (unpaired) electrons. The Labute approximate surface area is 246 Å². The number of hydrogen-bond donors (Lipinski definition) is 2. The highest BCUT2D eigenvalue weighted by Gasteiger charge is 2.45. The minimum atomic E-state index is -1.10. The Hall–Kier alpha value is -3.84. The number of aromatic nitrogens is 5. The Morgan fingerprint density at radius 1 is 0.951 bits per heavy atom. The van der Waals surface area contributed by atoms with Crippen molar-refractivity contribution < 1.29 is 14.2 Å². The van der Waals surface area contributed by atoms with E-state index in [1.807, 2.05) is 41.1 Å². The van der Waals surface area contributed by atoms with Crippen LogP contribution < -0.4 is 26.0 Å². The highest BCUT2D eigenvalue weighted by molar-refractivity contribution is 6.35. The van der Waals surface area contributed by atoms with Crippen LogP contribution in [0.25, 0.3) is 0 Å². The van der Waals surface area contributed by atoms with Crippen LogP contribution >= 0.6 is 23.2 Å². The number of anilines is 4. The molecule has 14 heteroatoms. The fraction of sp³-hybridized carbons (Fsp3) is 0.333. The molecule has 12 nitrogen and oxygen atoms in total. The lowest BCUT2D eigenvalue weighted by molar-refractivity contribution is -0.189. The van der Waals surface area contributed by atoms with Gasteiger partial charge in [0, 0.05) is 54.8 Å². The molecule has 4 heterocycles. The van der Waals surface area contributed by atoms with E-state index in [0.717, 1.165) is 37.6 Å².